The highest BCUT2D eigenvalue weighted by atomic mass is 31.2. The molecule has 1 aliphatic rings. The summed E-state index contributed by atoms with van der Waals surface area (Å²) in [6.07, 6.45) is 21.0. The van der Waals surface area contributed by atoms with Gasteiger partial charge in [-0.15, -0.1) is 0 Å². The standard InChI is InChI=1S/C41H79O12P/c1-3-5-7-9-11-13-15-17-19-21-23-25-27-29-37(44)50-32-34(33-51-54(48,49)53-41-36(43)31-35(42)39(46)40(41)47)52-38(45)30-28-26-24-22-20-18-16-14-12-10-8-6-4-2/h34-36,39-43,46-47H,3-33H2,1-2H3,(H,48,49)/t34-,35-,36-,39+,40-,41-/m1/s1. The van der Waals surface area contributed by atoms with E-state index in [2.05, 4.69) is 13.8 Å². The molecule has 1 saturated carbocycles. The third kappa shape index (κ3) is 26.7. The molecule has 0 aromatic carbocycles. The quantitative estimate of drug-likeness (QED) is 0.0231. The molecule has 0 heterocycles. The molecule has 0 aromatic rings. The molecule has 1 rings (SSSR count). The summed E-state index contributed by atoms with van der Waals surface area (Å²) in [4.78, 5) is 35.5. The maximum atomic E-state index is 12.7. The Kier molecular flexibility index (Phi) is 31.0. The van der Waals surface area contributed by atoms with E-state index in [0.29, 0.717) is 12.8 Å². The van der Waals surface area contributed by atoms with Gasteiger partial charge in [-0.05, 0) is 12.8 Å². The Morgan fingerprint density at radius 3 is 1.37 bits per heavy atom. The minimum Gasteiger partial charge on any atom is -0.462 e. The van der Waals surface area contributed by atoms with Crippen molar-refractivity contribution in [3.05, 3.63) is 0 Å². The molecule has 1 fully saturated rings. The van der Waals surface area contributed by atoms with E-state index in [-0.39, 0.29) is 19.4 Å². The minimum atomic E-state index is -4.97. The summed E-state index contributed by atoms with van der Waals surface area (Å²) in [5.41, 5.74) is 0. The van der Waals surface area contributed by atoms with E-state index in [4.69, 9.17) is 18.5 Å². The second kappa shape index (κ2) is 32.9. The molecule has 5 N–H and O–H groups in total. The van der Waals surface area contributed by atoms with Gasteiger partial charge in [-0.25, -0.2) is 4.57 Å². The number of esters is 2. The highest BCUT2D eigenvalue weighted by Gasteiger charge is 2.46. The second-order valence-corrected chi connectivity index (χ2v) is 16.9. The molecule has 0 spiro atoms. The number of aliphatic hydroxyl groups excluding tert-OH is 4. The van der Waals surface area contributed by atoms with Gasteiger partial charge in [0.2, 0.25) is 0 Å². The summed E-state index contributed by atoms with van der Waals surface area (Å²) >= 11 is 0. The molecule has 0 saturated heterocycles. The van der Waals surface area contributed by atoms with Crippen LogP contribution in [0.2, 0.25) is 0 Å². The van der Waals surface area contributed by atoms with Crippen LogP contribution in [0.1, 0.15) is 200 Å². The molecule has 320 valence electrons. The van der Waals surface area contributed by atoms with Gasteiger partial charge in [0.25, 0.3) is 0 Å². The molecule has 0 aromatic heterocycles. The number of hydrogen-bond acceptors (Lipinski definition) is 11. The number of hydrogen-bond donors (Lipinski definition) is 5. The molecule has 0 radical (unpaired) electrons. The number of unbranched alkanes of at least 4 members (excludes halogenated alkanes) is 24. The molecule has 7 atom stereocenters. The van der Waals surface area contributed by atoms with Crippen molar-refractivity contribution in [1.82, 2.24) is 0 Å². The first kappa shape index (κ1) is 50.9. The lowest BCUT2D eigenvalue weighted by molar-refractivity contribution is -0.174. The fraction of sp³-hybridized carbons (Fsp3) is 0.951. The number of phosphoric ester groups is 1. The highest BCUT2D eigenvalue weighted by Crippen LogP contribution is 2.47. The van der Waals surface area contributed by atoms with Gasteiger partial charge in [-0.3, -0.25) is 18.6 Å². The van der Waals surface area contributed by atoms with E-state index in [1.165, 1.54) is 116 Å². The number of carbonyl (C=O) groups is 2. The fourth-order valence-corrected chi connectivity index (χ4v) is 7.85. The largest absolute Gasteiger partial charge is 0.472 e. The summed E-state index contributed by atoms with van der Waals surface area (Å²) in [7, 11) is -4.97. The van der Waals surface area contributed by atoms with Gasteiger partial charge >= 0.3 is 19.8 Å². The topological polar surface area (TPSA) is 189 Å². The summed E-state index contributed by atoms with van der Waals surface area (Å²) < 4.78 is 33.6. The van der Waals surface area contributed by atoms with Crippen LogP contribution in [-0.4, -0.2) is 87.1 Å². The lowest BCUT2D eigenvalue weighted by atomic mass is 9.87. The minimum absolute atomic E-state index is 0.134. The SMILES string of the molecule is CCCCCCCCCCCCCCCC(=O)OC[C@H](COP(=O)(O)O[C@H]1[C@H](O)[C@@H](O)[C@H](O)C[C@H]1O)OC(=O)CCCCCCCCCCCCCCC. The van der Waals surface area contributed by atoms with Crippen LogP contribution in [0.25, 0.3) is 0 Å². The summed E-state index contributed by atoms with van der Waals surface area (Å²) in [5.74, 6) is -1.02. The van der Waals surface area contributed by atoms with Crippen molar-refractivity contribution in [3.8, 4) is 0 Å². The molecule has 13 heteroatoms. The van der Waals surface area contributed by atoms with Crippen LogP contribution in [0.5, 0.6) is 0 Å². The first-order chi connectivity index (χ1) is 26.0. The van der Waals surface area contributed by atoms with E-state index in [9.17, 15) is 39.5 Å². The van der Waals surface area contributed by atoms with Crippen molar-refractivity contribution in [2.24, 2.45) is 0 Å². The van der Waals surface area contributed by atoms with Crippen molar-refractivity contribution >= 4 is 19.8 Å². The molecule has 54 heavy (non-hydrogen) atoms. The maximum absolute atomic E-state index is 12.7. The smallest absolute Gasteiger partial charge is 0.462 e. The maximum Gasteiger partial charge on any atom is 0.472 e. The zero-order chi connectivity index (χ0) is 39.9. The van der Waals surface area contributed by atoms with Gasteiger partial charge in [-0.1, -0.05) is 168 Å². The van der Waals surface area contributed by atoms with Crippen LogP contribution in [-0.2, 0) is 32.7 Å². The highest BCUT2D eigenvalue weighted by molar-refractivity contribution is 7.47. The van der Waals surface area contributed by atoms with E-state index in [0.717, 1.165) is 38.5 Å². The number of carbonyl (C=O) groups excluding carboxylic acids is 2. The van der Waals surface area contributed by atoms with Crippen molar-refractivity contribution < 1.29 is 58.0 Å². The Morgan fingerprint density at radius 1 is 0.556 bits per heavy atom. The fourth-order valence-electron chi connectivity index (χ4n) is 6.86. The van der Waals surface area contributed by atoms with Crippen LogP contribution >= 0.6 is 7.82 Å². The third-order valence-electron chi connectivity index (χ3n) is 10.3. The van der Waals surface area contributed by atoms with Crippen molar-refractivity contribution in [2.75, 3.05) is 13.2 Å². The summed E-state index contributed by atoms with van der Waals surface area (Å²) in [6, 6.07) is 0. The molecule has 0 aliphatic heterocycles. The van der Waals surface area contributed by atoms with Crippen LogP contribution in [0.3, 0.4) is 0 Å². The van der Waals surface area contributed by atoms with Crippen molar-refractivity contribution in [3.63, 3.8) is 0 Å². The normalized spacial score (nSPS) is 21.8. The van der Waals surface area contributed by atoms with E-state index < -0.39 is 69.4 Å². The Balaban J connectivity index is 2.44. The molecule has 1 unspecified atom stereocenters. The van der Waals surface area contributed by atoms with Crippen LogP contribution in [0.4, 0.5) is 0 Å². The number of ether oxygens (including phenoxy) is 2. The summed E-state index contributed by atoms with van der Waals surface area (Å²) in [5, 5.41) is 40.0. The van der Waals surface area contributed by atoms with Crippen molar-refractivity contribution in [2.45, 2.75) is 237 Å². The molecule has 12 nitrogen and oxygen atoms in total. The van der Waals surface area contributed by atoms with Crippen LogP contribution in [0.15, 0.2) is 0 Å². The van der Waals surface area contributed by atoms with Gasteiger partial charge in [0, 0.05) is 19.3 Å². The summed E-state index contributed by atoms with van der Waals surface area (Å²) in [6.45, 7) is 3.42. The van der Waals surface area contributed by atoms with E-state index in [1.807, 2.05) is 0 Å². The monoisotopic (exact) mass is 795 g/mol. The third-order valence-corrected chi connectivity index (χ3v) is 11.3. The lowest BCUT2D eigenvalue weighted by Crippen LogP contribution is -2.56. The molecule has 0 bridgehead atoms. The van der Waals surface area contributed by atoms with Gasteiger partial charge in [0.05, 0.1) is 18.8 Å². The number of aliphatic hydroxyl groups is 4. The van der Waals surface area contributed by atoms with Crippen LogP contribution in [0, 0.1) is 0 Å². The Bertz CT molecular complexity index is 968. The molecule has 1 aliphatic carbocycles. The predicted octanol–water partition coefficient (Wildman–Crippen LogP) is 8.75. The molecular weight excluding hydrogens is 715 g/mol. The Labute approximate surface area is 327 Å². The van der Waals surface area contributed by atoms with Crippen molar-refractivity contribution in [1.29, 1.82) is 0 Å². The van der Waals surface area contributed by atoms with E-state index in [1.54, 1.807) is 0 Å². The zero-order valence-corrected chi connectivity index (χ0v) is 34.8. The Hall–Kier alpha value is -1.11. The zero-order valence-electron chi connectivity index (χ0n) is 33.9. The lowest BCUT2D eigenvalue weighted by Gasteiger charge is -2.38. The van der Waals surface area contributed by atoms with Crippen LogP contribution < -0.4 is 0 Å². The van der Waals surface area contributed by atoms with Gasteiger partial charge in [-0.2, -0.15) is 0 Å². The molecule has 0 amide bonds. The number of rotatable bonds is 36. The van der Waals surface area contributed by atoms with Gasteiger partial charge in [0.15, 0.2) is 6.10 Å². The predicted molar refractivity (Wildman–Crippen MR) is 211 cm³/mol. The average Bonchev–Trinajstić information content (AvgIpc) is 3.14. The Morgan fingerprint density at radius 2 is 0.944 bits per heavy atom. The average molecular weight is 795 g/mol. The van der Waals surface area contributed by atoms with E-state index >= 15 is 0 Å². The van der Waals surface area contributed by atoms with Gasteiger partial charge < -0.3 is 34.8 Å². The second-order valence-electron chi connectivity index (χ2n) is 15.5. The first-order valence-electron chi connectivity index (χ1n) is 21.7. The number of phosphoric acid groups is 1. The molecular formula is C41H79O12P. The van der Waals surface area contributed by atoms with Gasteiger partial charge in [0.1, 0.15) is 24.9 Å². The first-order valence-corrected chi connectivity index (χ1v) is 23.2.